The predicted molar refractivity (Wildman–Crippen MR) is 59.6 cm³/mol. The first-order chi connectivity index (χ1) is 8.57. The van der Waals surface area contributed by atoms with Crippen LogP contribution in [0.3, 0.4) is 0 Å². The Morgan fingerprint density at radius 2 is 1.32 bits per heavy atom. The Hall–Kier alpha value is -0.460. The summed E-state index contributed by atoms with van der Waals surface area (Å²) in [6.45, 7) is 1.97. The molecule has 1 aliphatic carbocycles. The van der Waals surface area contributed by atoms with Crippen LogP contribution in [0.25, 0.3) is 0 Å². The lowest BCUT2D eigenvalue weighted by atomic mass is 9.75. The second kappa shape index (κ2) is 5.89. The molecule has 0 bridgehead atoms. The molecule has 1 nitrogen and oxygen atoms in total. The van der Waals surface area contributed by atoms with Gasteiger partial charge in [0, 0.05) is 6.04 Å². The number of nitrogens with one attached hydrogen (secondary N) is 1. The highest BCUT2D eigenvalue weighted by atomic mass is 19.4. The van der Waals surface area contributed by atoms with E-state index in [1.807, 2.05) is 6.92 Å². The number of alkyl halides is 6. The lowest BCUT2D eigenvalue weighted by Crippen LogP contribution is -2.53. The molecule has 1 unspecified atom stereocenters. The highest BCUT2D eigenvalue weighted by Gasteiger charge is 2.61. The van der Waals surface area contributed by atoms with Crippen molar-refractivity contribution in [2.24, 2.45) is 17.8 Å². The first-order valence-electron chi connectivity index (χ1n) is 6.38. The second-order valence-corrected chi connectivity index (χ2v) is 5.40. The Labute approximate surface area is 108 Å². The molecule has 1 atom stereocenters. The van der Waals surface area contributed by atoms with Crippen molar-refractivity contribution in [2.45, 2.75) is 51.0 Å². The molecule has 0 aromatic carbocycles. The first-order valence-corrected chi connectivity index (χ1v) is 6.38. The Morgan fingerprint density at radius 1 is 0.895 bits per heavy atom. The highest BCUT2D eigenvalue weighted by molar-refractivity contribution is 4.92. The van der Waals surface area contributed by atoms with E-state index in [0.717, 1.165) is 0 Å². The summed E-state index contributed by atoms with van der Waals surface area (Å²) in [6, 6.07) is -1.59. The SMILES string of the molecule is CNC(C1CCC(C)CC1)C(C(F)(F)F)C(F)(F)F. The molecule has 0 heterocycles. The van der Waals surface area contributed by atoms with Gasteiger partial charge in [-0.1, -0.05) is 19.8 Å². The lowest BCUT2D eigenvalue weighted by Gasteiger charge is -2.38. The molecule has 0 amide bonds. The van der Waals surface area contributed by atoms with Gasteiger partial charge in [0.05, 0.1) is 0 Å². The molecule has 0 spiro atoms. The Morgan fingerprint density at radius 3 is 1.63 bits per heavy atom. The summed E-state index contributed by atoms with van der Waals surface area (Å²) in [5, 5.41) is 2.26. The van der Waals surface area contributed by atoms with E-state index in [-0.39, 0.29) is 0 Å². The van der Waals surface area contributed by atoms with Gasteiger partial charge >= 0.3 is 12.4 Å². The summed E-state index contributed by atoms with van der Waals surface area (Å²) < 4.78 is 76.3. The molecule has 1 N–H and O–H groups in total. The maximum Gasteiger partial charge on any atom is 0.402 e. The third kappa shape index (κ3) is 4.26. The molecule has 114 valence electrons. The van der Waals surface area contributed by atoms with E-state index in [4.69, 9.17) is 0 Å². The van der Waals surface area contributed by atoms with E-state index in [2.05, 4.69) is 5.32 Å². The molecule has 0 aromatic rings. The zero-order valence-electron chi connectivity index (χ0n) is 10.9. The number of halogens is 6. The fourth-order valence-corrected chi connectivity index (χ4v) is 2.91. The predicted octanol–water partition coefficient (Wildman–Crippen LogP) is 4.14. The molecule has 0 aliphatic heterocycles. The smallest absolute Gasteiger partial charge is 0.316 e. The van der Waals surface area contributed by atoms with Crippen LogP contribution in [0.2, 0.25) is 0 Å². The Kier molecular flexibility index (Phi) is 5.15. The van der Waals surface area contributed by atoms with Gasteiger partial charge in [0.1, 0.15) is 0 Å². The van der Waals surface area contributed by atoms with Gasteiger partial charge in [-0.25, -0.2) is 0 Å². The van der Waals surface area contributed by atoms with Crippen LogP contribution in [-0.2, 0) is 0 Å². The topological polar surface area (TPSA) is 12.0 Å². The Bertz CT molecular complexity index is 263. The molecule has 1 saturated carbocycles. The van der Waals surface area contributed by atoms with Crippen molar-refractivity contribution in [1.29, 1.82) is 0 Å². The van der Waals surface area contributed by atoms with Crippen LogP contribution in [0.5, 0.6) is 0 Å². The fraction of sp³-hybridized carbons (Fsp3) is 1.00. The van der Waals surface area contributed by atoms with Gasteiger partial charge in [-0.15, -0.1) is 0 Å². The lowest BCUT2D eigenvalue weighted by molar-refractivity contribution is -0.295. The molecule has 1 fully saturated rings. The van der Waals surface area contributed by atoms with Gasteiger partial charge in [-0.2, -0.15) is 26.3 Å². The number of hydrogen-bond acceptors (Lipinski definition) is 1. The molecule has 0 aromatic heterocycles. The van der Waals surface area contributed by atoms with Crippen LogP contribution >= 0.6 is 0 Å². The normalized spacial score (nSPS) is 27.6. The van der Waals surface area contributed by atoms with Gasteiger partial charge in [-0.05, 0) is 31.7 Å². The minimum Gasteiger partial charge on any atom is -0.316 e. The largest absolute Gasteiger partial charge is 0.402 e. The van der Waals surface area contributed by atoms with Gasteiger partial charge in [-0.3, -0.25) is 0 Å². The molecule has 1 aliphatic rings. The van der Waals surface area contributed by atoms with E-state index >= 15 is 0 Å². The molecular formula is C12H19F6N. The minimum atomic E-state index is -5.27. The molecule has 7 heteroatoms. The van der Waals surface area contributed by atoms with Crippen LogP contribution in [0.4, 0.5) is 26.3 Å². The van der Waals surface area contributed by atoms with Crippen LogP contribution < -0.4 is 5.32 Å². The van der Waals surface area contributed by atoms with Crippen LogP contribution in [0, 0.1) is 17.8 Å². The summed E-state index contributed by atoms with van der Waals surface area (Å²) in [4.78, 5) is 0. The van der Waals surface area contributed by atoms with Gasteiger partial charge < -0.3 is 5.32 Å². The quantitative estimate of drug-likeness (QED) is 0.771. The van der Waals surface area contributed by atoms with E-state index < -0.39 is 30.2 Å². The zero-order chi connectivity index (χ0) is 14.8. The van der Waals surface area contributed by atoms with E-state index in [1.54, 1.807) is 0 Å². The van der Waals surface area contributed by atoms with E-state index in [1.165, 1.54) is 7.05 Å². The van der Waals surface area contributed by atoms with Crippen LogP contribution in [-0.4, -0.2) is 25.4 Å². The average molecular weight is 291 g/mol. The van der Waals surface area contributed by atoms with Crippen LogP contribution in [0.15, 0.2) is 0 Å². The molecule has 1 rings (SSSR count). The Balaban J connectivity index is 2.91. The second-order valence-electron chi connectivity index (χ2n) is 5.40. The van der Waals surface area contributed by atoms with E-state index in [0.29, 0.717) is 31.6 Å². The van der Waals surface area contributed by atoms with Gasteiger partial charge in [0.2, 0.25) is 0 Å². The monoisotopic (exact) mass is 291 g/mol. The van der Waals surface area contributed by atoms with Crippen molar-refractivity contribution in [3.63, 3.8) is 0 Å². The summed E-state index contributed by atoms with van der Waals surface area (Å²) >= 11 is 0. The maximum atomic E-state index is 12.7. The van der Waals surface area contributed by atoms with Crippen molar-refractivity contribution in [2.75, 3.05) is 7.05 Å². The third-order valence-corrected chi connectivity index (χ3v) is 3.97. The molecular weight excluding hydrogens is 272 g/mol. The standard InChI is InChI=1S/C12H19F6N/c1-7-3-5-8(6-4-7)9(19-2)10(11(13,14)15)12(16,17)18/h7-10,19H,3-6H2,1-2H3. The van der Waals surface area contributed by atoms with Crippen LogP contribution in [0.1, 0.15) is 32.6 Å². The number of rotatable bonds is 3. The maximum absolute atomic E-state index is 12.7. The van der Waals surface area contributed by atoms with Gasteiger partial charge in [0.25, 0.3) is 0 Å². The summed E-state index contributed by atoms with van der Waals surface area (Å²) in [7, 11) is 1.17. The van der Waals surface area contributed by atoms with Gasteiger partial charge in [0.15, 0.2) is 5.92 Å². The third-order valence-electron chi connectivity index (χ3n) is 3.97. The fourth-order valence-electron chi connectivity index (χ4n) is 2.91. The number of hydrogen-bond donors (Lipinski definition) is 1. The summed E-state index contributed by atoms with van der Waals surface area (Å²) in [5.74, 6) is -3.48. The molecule has 0 saturated heterocycles. The van der Waals surface area contributed by atoms with Crippen molar-refractivity contribution in [3.8, 4) is 0 Å². The average Bonchev–Trinajstić information content (AvgIpc) is 2.23. The highest BCUT2D eigenvalue weighted by Crippen LogP contribution is 2.45. The van der Waals surface area contributed by atoms with Crippen molar-refractivity contribution >= 4 is 0 Å². The van der Waals surface area contributed by atoms with E-state index in [9.17, 15) is 26.3 Å². The first kappa shape index (κ1) is 16.6. The zero-order valence-corrected chi connectivity index (χ0v) is 10.9. The minimum absolute atomic E-state index is 0.379. The molecule has 0 radical (unpaired) electrons. The summed E-state index contributed by atoms with van der Waals surface area (Å²) in [5.41, 5.74) is 0. The van der Waals surface area contributed by atoms with Crippen molar-refractivity contribution < 1.29 is 26.3 Å². The van der Waals surface area contributed by atoms with Crippen molar-refractivity contribution in [1.82, 2.24) is 5.32 Å². The van der Waals surface area contributed by atoms with Crippen molar-refractivity contribution in [3.05, 3.63) is 0 Å². The molecule has 19 heavy (non-hydrogen) atoms. The summed E-state index contributed by atoms with van der Waals surface area (Å²) in [6.07, 6.45) is -8.34.